The van der Waals surface area contributed by atoms with E-state index in [0.717, 1.165) is 37.4 Å². The van der Waals surface area contributed by atoms with Crippen LogP contribution < -0.4 is 4.90 Å². The van der Waals surface area contributed by atoms with Crippen LogP contribution in [-0.4, -0.2) is 41.0 Å². The van der Waals surface area contributed by atoms with E-state index in [9.17, 15) is 4.39 Å². The number of anilines is 1. The third-order valence-corrected chi connectivity index (χ3v) is 4.72. The topological polar surface area (TPSA) is 32.3 Å². The highest BCUT2D eigenvalue weighted by Gasteiger charge is 2.26. The molecule has 6 heteroatoms. The third-order valence-electron chi connectivity index (χ3n) is 4.11. The van der Waals surface area contributed by atoms with Crippen molar-refractivity contribution in [3.63, 3.8) is 0 Å². The van der Waals surface area contributed by atoms with Gasteiger partial charge in [-0.15, -0.1) is 0 Å². The summed E-state index contributed by atoms with van der Waals surface area (Å²) in [4.78, 5) is 12.9. The lowest BCUT2D eigenvalue weighted by atomic mass is 10.2. The molecule has 0 spiro atoms. The first-order valence-electron chi connectivity index (χ1n) is 7.28. The molecule has 0 aliphatic carbocycles. The van der Waals surface area contributed by atoms with E-state index in [1.54, 1.807) is 12.5 Å². The van der Waals surface area contributed by atoms with Crippen molar-refractivity contribution in [2.24, 2.45) is 0 Å². The van der Waals surface area contributed by atoms with E-state index < -0.39 is 0 Å². The third kappa shape index (κ3) is 3.44. The van der Waals surface area contributed by atoms with Crippen molar-refractivity contribution in [1.82, 2.24) is 14.9 Å². The van der Waals surface area contributed by atoms with Crippen molar-refractivity contribution in [2.45, 2.75) is 19.0 Å². The second kappa shape index (κ2) is 6.71. The van der Waals surface area contributed by atoms with Gasteiger partial charge in [-0.05, 0) is 46.1 Å². The van der Waals surface area contributed by atoms with E-state index in [-0.39, 0.29) is 5.82 Å². The second-order valence-electron chi connectivity index (χ2n) is 5.60. The molecule has 1 aliphatic heterocycles. The van der Waals surface area contributed by atoms with Crippen molar-refractivity contribution in [3.8, 4) is 0 Å². The molecule has 3 rings (SSSR count). The summed E-state index contributed by atoms with van der Waals surface area (Å²) in [5.74, 6) is 0.734. The molecule has 0 N–H and O–H groups in total. The molecule has 2 aromatic rings. The van der Waals surface area contributed by atoms with Gasteiger partial charge in [0.25, 0.3) is 0 Å². The predicted molar refractivity (Wildman–Crippen MR) is 88.2 cm³/mol. The zero-order valence-electron chi connectivity index (χ0n) is 12.4. The summed E-state index contributed by atoms with van der Waals surface area (Å²) in [7, 11) is 2.07. The van der Waals surface area contributed by atoms with Gasteiger partial charge in [-0.2, -0.15) is 0 Å². The Morgan fingerprint density at radius 1 is 1.41 bits per heavy atom. The fourth-order valence-electron chi connectivity index (χ4n) is 2.85. The number of hydrogen-bond donors (Lipinski definition) is 0. The molecule has 0 radical (unpaired) electrons. The normalized spacial score (nSPS) is 18.6. The summed E-state index contributed by atoms with van der Waals surface area (Å²) in [6, 6.07) is 7.59. The van der Waals surface area contributed by atoms with Gasteiger partial charge in [0, 0.05) is 38.9 Å². The molecule has 22 heavy (non-hydrogen) atoms. The molecule has 0 bridgehead atoms. The molecule has 1 aromatic carbocycles. The highest BCUT2D eigenvalue weighted by molar-refractivity contribution is 9.10. The van der Waals surface area contributed by atoms with E-state index >= 15 is 0 Å². The fraction of sp³-hybridized carbons (Fsp3) is 0.375. The Morgan fingerprint density at radius 3 is 3.00 bits per heavy atom. The van der Waals surface area contributed by atoms with E-state index in [1.165, 1.54) is 6.07 Å². The largest absolute Gasteiger partial charge is 0.355 e. The molecule has 1 atom stereocenters. The summed E-state index contributed by atoms with van der Waals surface area (Å²) in [6.07, 6.45) is 4.44. The average molecular weight is 365 g/mol. The maximum Gasteiger partial charge on any atom is 0.137 e. The summed E-state index contributed by atoms with van der Waals surface area (Å²) in [5, 5.41) is 0. The number of likely N-dealkylation sites (tertiary alicyclic amines) is 1. The molecule has 2 heterocycles. The first-order chi connectivity index (χ1) is 10.6. The zero-order valence-corrected chi connectivity index (χ0v) is 14.0. The summed E-state index contributed by atoms with van der Waals surface area (Å²) < 4.78 is 13.8. The number of benzene rings is 1. The van der Waals surface area contributed by atoms with Gasteiger partial charge in [0.05, 0.1) is 4.47 Å². The Bertz CT molecular complexity index is 637. The number of aromatic nitrogens is 2. The quantitative estimate of drug-likeness (QED) is 0.834. The number of hydrogen-bond acceptors (Lipinski definition) is 4. The minimum atomic E-state index is -0.216. The van der Waals surface area contributed by atoms with E-state index in [2.05, 4.69) is 42.7 Å². The van der Waals surface area contributed by atoms with Gasteiger partial charge in [0.2, 0.25) is 0 Å². The highest BCUT2D eigenvalue weighted by Crippen LogP contribution is 2.22. The smallest absolute Gasteiger partial charge is 0.137 e. The molecular formula is C16H18BrFN4. The Labute approximate surface area is 138 Å². The summed E-state index contributed by atoms with van der Waals surface area (Å²) in [6.45, 7) is 2.86. The first kappa shape index (κ1) is 15.4. The second-order valence-corrected chi connectivity index (χ2v) is 6.46. The van der Waals surface area contributed by atoms with Gasteiger partial charge < -0.3 is 4.90 Å². The van der Waals surface area contributed by atoms with E-state index in [4.69, 9.17) is 0 Å². The number of rotatable bonds is 4. The van der Waals surface area contributed by atoms with Crippen LogP contribution in [0, 0.1) is 5.82 Å². The van der Waals surface area contributed by atoms with Gasteiger partial charge >= 0.3 is 0 Å². The van der Waals surface area contributed by atoms with Gasteiger partial charge in [0.1, 0.15) is 18.0 Å². The molecule has 1 aliphatic rings. The van der Waals surface area contributed by atoms with Crippen molar-refractivity contribution >= 4 is 21.7 Å². The fourth-order valence-corrected chi connectivity index (χ4v) is 3.27. The number of nitrogens with zero attached hydrogens (tertiary/aromatic N) is 4. The lowest BCUT2D eigenvalue weighted by Gasteiger charge is -2.25. The maximum atomic E-state index is 13.3. The van der Waals surface area contributed by atoms with Crippen LogP contribution in [0.4, 0.5) is 10.2 Å². The lowest BCUT2D eigenvalue weighted by Crippen LogP contribution is -2.34. The monoisotopic (exact) mass is 364 g/mol. The molecule has 1 unspecified atom stereocenters. The first-order valence-corrected chi connectivity index (χ1v) is 8.08. The Hall–Kier alpha value is -1.53. The van der Waals surface area contributed by atoms with Gasteiger partial charge in [-0.25, -0.2) is 14.4 Å². The molecule has 1 fully saturated rings. The maximum absolute atomic E-state index is 13.3. The summed E-state index contributed by atoms with van der Waals surface area (Å²) >= 11 is 3.25. The number of likely N-dealkylation sites (N-methyl/N-ethyl adjacent to an activating group) is 1. The summed E-state index contributed by atoms with van der Waals surface area (Å²) in [5.41, 5.74) is 1.12. The van der Waals surface area contributed by atoms with Crippen molar-refractivity contribution in [1.29, 1.82) is 0 Å². The number of halogens is 2. The van der Waals surface area contributed by atoms with Crippen LogP contribution >= 0.6 is 15.9 Å². The SMILES string of the molecule is CN(c1ccncn1)C1CCN(Cc2ccc(F)c(Br)c2)C1. The van der Waals surface area contributed by atoms with Crippen molar-refractivity contribution < 1.29 is 4.39 Å². The van der Waals surface area contributed by atoms with Crippen LogP contribution in [-0.2, 0) is 6.54 Å². The van der Waals surface area contributed by atoms with Crippen molar-refractivity contribution in [3.05, 3.63) is 52.6 Å². The van der Waals surface area contributed by atoms with E-state index in [1.807, 2.05) is 18.2 Å². The van der Waals surface area contributed by atoms with Crippen LogP contribution in [0.25, 0.3) is 0 Å². The Morgan fingerprint density at radius 2 is 2.27 bits per heavy atom. The standard InChI is InChI=1S/C16H18BrFN4/c1-21(16-4-6-19-11-20-16)13-5-7-22(10-13)9-12-2-3-15(18)14(17)8-12/h2-4,6,8,11,13H,5,7,9-10H2,1H3. The van der Waals surface area contributed by atoms with Crippen LogP contribution in [0.2, 0.25) is 0 Å². The molecule has 116 valence electrons. The van der Waals surface area contributed by atoms with Crippen LogP contribution in [0.5, 0.6) is 0 Å². The van der Waals surface area contributed by atoms with Crippen LogP contribution in [0.3, 0.4) is 0 Å². The van der Waals surface area contributed by atoms with Crippen LogP contribution in [0.15, 0.2) is 41.3 Å². The van der Waals surface area contributed by atoms with Crippen LogP contribution in [0.1, 0.15) is 12.0 Å². The zero-order chi connectivity index (χ0) is 15.5. The lowest BCUT2D eigenvalue weighted by molar-refractivity contribution is 0.325. The minimum absolute atomic E-state index is 0.216. The van der Waals surface area contributed by atoms with E-state index in [0.29, 0.717) is 10.5 Å². The van der Waals surface area contributed by atoms with Gasteiger partial charge in [-0.1, -0.05) is 6.07 Å². The molecule has 1 aromatic heterocycles. The molecule has 0 saturated carbocycles. The Balaban J connectivity index is 1.61. The minimum Gasteiger partial charge on any atom is -0.355 e. The molecule has 1 saturated heterocycles. The Kier molecular flexibility index (Phi) is 4.69. The van der Waals surface area contributed by atoms with Crippen molar-refractivity contribution in [2.75, 3.05) is 25.0 Å². The molecule has 0 amide bonds. The average Bonchev–Trinajstić information content (AvgIpc) is 2.99. The highest BCUT2D eigenvalue weighted by atomic mass is 79.9. The van der Waals surface area contributed by atoms with Gasteiger partial charge in [0.15, 0.2) is 0 Å². The molecular weight excluding hydrogens is 347 g/mol. The predicted octanol–water partition coefficient (Wildman–Crippen LogP) is 3.09. The molecule has 4 nitrogen and oxygen atoms in total. The van der Waals surface area contributed by atoms with Gasteiger partial charge in [-0.3, -0.25) is 4.90 Å².